The van der Waals surface area contributed by atoms with E-state index in [0.29, 0.717) is 23.5 Å². The lowest BCUT2D eigenvalue weighted by molar-refractivity contribution is -0.123. The molecule has 4 rings (SSSR count). The molecule has 0 saturated carbocycles. The van der Waals surface area contributed by atoms with E-state index in [1.807, 2.05) is 31.2 Å². The summed E-state index contributed by atoms with van der Waals surface area (Å²) in [7, 11) is 1.61. The van der Waals surface area contributed by atoms with Crippen LogP contribution >= 0.6 is 0 Å². The Morgan fingerprint density at radius 2 is 1.79 bits per heavy atom. The number of nitrogens with zero attached hydrogens (tertiary/aromatic N) is 2. The standard InChI is InChI=1S/C25H26N4O5/c1-4-19-22(15-8-12-18(33-3)13-9-15)23-27-24(31)20(29(23)28-19)14-21(30)26-17-10-6-16(7-11-17)25(32)34-5-2/h6-13,20H,4-5,14H2,1-3H3,(H,26,30)(H,27,31). The molecule has 0 saturated heterocycles. The number of aryl methyl sites for hydroxylation is 1. The number of fused-ring (bicyclic) bond motifs is 1. The summed E-state index contributed by atoms with van der Waals surface area (Å²) in [4.78, 5) is 37.2. The molecule has 1 unspecified atom stereocenters. The molecule has 1 aliphatic rings. The van der Waals surface area contributed by atoms with E-state index in [1.165, 1.54) is 0 Å². The number of carbonyl (C=O) groups excluding carboxylic acids is 3. The van der Waals surface area contributed by atoms with Crippen molar-refractivity contribution in [1.82, 2.24) is 9.78 Å². The van der Waals surface area contributed by atoms with Crippen molar-refractivity contribution >= 4 is 29.3 Å². The number of benzene rings is 2. The normalized spacial score (nSPS) is 14.3. The van der Waals surface area contributed by atoms with Gasteiger partial charge in [0.15, 0.2) is 0 Å². The van der Waals surface area contributed by atoms with Gasteiger partial charge in [0.1, 0.15) is 17.6 Å². The third-order valence-corrected chi connectivity index (χ3v) is 5.59. The highest BCUT2D eigenvalue weighted by Gasteiger charge is 2.36. The SMILES string of the molecule is CCOC(=O)c1ccc(NC(=O)CC2C(=O)Nc3c(-c4ccc(OC)cc4)c(CC)nn32)cc1. The van der Waals surface area contributed by atoms with Gasteiger partial charge >= 0.3 is 5.97 Å². The van der Waals surface area contributed by atoms with Crippen LogP contribution in [-0.2, 0) is 20.7 Å². The van der Waals surface area contributed by atoms with E-state index in [2.05, 4.69) is 15.7 Å². The summed E-state index contributed by atoms with van der Waals surface area (Å²) in [5, 5.41) is 10.3. The van der Waals surface area contributed by atoms with Crippen molar-refractivity contribution in [3.8, 4) is 16.9 Å². The number of rotatable bonds is 8. The van der Waals surface area contributed by atoms with Crippen LogP contribution in [0.25, 0.3) is 11.1 Å². The maximum atomic E-state index is 12.7. The Hall–Kier alpha value is -4.14. The van der Waals surface area contributed by atoms with Gasteiger partial charge in [-0.25, -0.2) is 9.48 Å². The average molecular weight is 463 g/mol. The molecule has 1 aromatic heterocycles. The highest BCUT2D eigenvalue weighted by Crippen LogP contribution is 2.39. The fourth-order valence-corrected chi connectivity index (χ4v) is 3.92. The number of methoxy groups -OCH3 is 1. The molecular formula is C25H26N4O5. The molecule has 2 amide bonds. The Bertz CT molecular complexity index is 1220. The van der Waals surface area contributed by atoms with Crippen molar-refractivity contribution in [2.45, 2.75) is 32.7 Å². The zero-order valence-electron chi connectivity index (χ0n) is 19.3. The summed E-state index contributed by atoms with van der Waals surface area (Å²) in [5.41, 5.74) is 3.50. The van der Waals surface area contributed by atoms with Gasteiger partial charge in [0.2, 0.25) is 5.91 Å². The monoisotopic (exact) mass is 462 g/mol. The first kappa shape index (κ1) is 23.0. The molecule has 0 spiro atoms. The number of anilines is 2. The predicted octanol–water partition coefficient (Wildman–Crippen LogP) is 3.82. The number of nitrogens with one attached hydrogen (secondary N) is 2. The first-order valence-corrected chi connectivity index (χ1v) is 11.1. The molecule has 1 aliphatic heterocycles. The van der Waals surface area contributed by atoms with Gasteiger partial charge in [-0.3, -0.25) is 9.59 Å². The molecule has 176 valence electrons. The van der Waals surface area contributed by atoms with Crippen molar-refractivity contribution in [3.63, 3.8) is 0 Å². The topological polar surface area (TPSA) is 112 Å². The summed E-state index contributed by atoms with van der Waals surface area (Å²) in [5.74, 6) is 0.279. The maximum Gasteiger partial charge on any atom is 0.338 e. The number of ether oxygens (including phenoxy) is 2. The zero-order chi connectivity index (χ0) is 24.2. The Kier molecular flexibility index (Phi) is 6.62. The van der Waals surface area contributed by atoms with Gasteiger partial charge in [0, 0.05) is 11.3 Å². The van der Waals surface area contributed by atoms with Crippen LogP contribution in [-0.4, -0.2) is 41.3 Å². The highest BCUT2D eigenvalue weighted by molar-refractivity contribution is 6.04. The van der Waals surface area contributed by atoms with E-state index in [9.17, 15) is 14.4 Å². The highest BCUT2D eigenvalue weighted by atomic mass is 16.5. The minimum atomic E-state index is -0.758. The van der Waals surface area contributed by atoms with Crippen molar-refractivity contribution in [3.05, 3.63) is 59.8 Å². The third kappa shape index (κ3) is 4.50. The van der Waals surface area contributed by atoms with Crippen LogP contribution in [0.3, 0.4) is 0 Å². The van der Waals surface area contributed by atoms with E-state index < -0.39 is 12.0 Å². The molecule has 2 aromatic carbocycles. The number of esters is 1. The zero-order valence-corrected chi connectivity index (χ0v) is 19.3. The predicted molar refractivity (Wildman–Crippen MR) is 127 cm³/mol. The summed E-state index contributed by atoms with van der Waals surface area (Å²) < 4.78 is 11.8. The van der Waals surface area contributed by atoms with Crippen LogP contribution in [0.4, 0.5) is 11.5 Å². The fraction of sp³-hybridized carbons (Fsp3) is 0.280. The summed E-state index contributed by atoms with van der Waals surface area (Å²) in [6.07, 6.45) is 0.592. The van der Waals surface area contributed by atoms with Crippen molar-refractivity contribution in [1.29, 1.82) is 0 Å². The quantitative estimate of drug-likeness (QED) is 0.492. The van der Waals surface area contributed by atoms with Crippen LogP contribution in [0.5, 0.6) is 5.75 Å². The first-order valence-electron chi connectivity index (χ1n) is 11.1. The van der Waals surface area contributed by atoms with E-state index in [4.69, 9.17) is 9.47 Å². The van der Waals surface area contributed by atoms with Crippen molar-refractivity contribution < 1.29 is 23.9 Å². The van der Waals surface area contributed by atoms with E-state index in [1.54, 1.807) is 43.0 Å². The van der Waals surface area contributed by atoms with Gasteiger partial charge in [-0.15, -0.1) is 0 Å². The molecule has 0 aliphatic carbocycles. The lowest BCUT2D eigenvalue weighted by Crippen LogP contribution is -2.24. The summed E-state index contributed by atoms with van der Waals surface area (Å²) >= 11 is 0. The molecule has 9 nitrogen and oxygen atoms in total. The van der Waals surface area contributed by atoms with Crippen LogP contribution in [0, 0.1) is 0 Å². The van der Waals surface area contributed by atoms with Gasteiger partial charge < -0.3 is 20.1 Å². The van der Waals surface area contributed by atoms with Crippen LogP contribution in [0.15, 0.2) is 48.5 Å². The van der Waals surface area contributed by atoms with Crippen LogP contribution in [0.2, 0.25) is 0 Å². The number of hydrogen-bond donors (Lipinski definition) is 2. The summed E-state index contributed by atoms with van der Waals surface area (Å²) in [6.45, 7) is 4.02. The van der Waals surface area contributed by atoms with E-state index in [-0.39, 0.29) is 24.8 Å². The molecular weight excluding hydrogens is 436 g/mol. The molecule has 34 heavy (non-hydrogen) atoms. The largest absolute Gasteiger partial charge is 0.497 e. The van der Waals surface area contributed by atoms with E-state index in [0.717, 1.165) is 22.6 Å². The second kappa shape index (κ2) is 9.78. The fourth-order valence-electron chi connectivity index (χ4n) is 3.92. The van der Waals surface area contributed by atoms with Crippen LogP contribution in [0.1, 0.15) is 42.4 Å². The van der Waals surface area contributed by atoms with Gasteiger partial charge in [-0.2, -0.15) is 5.10 Å². The smallest absolute Gasteiger partial charge is 0.338 e. The van der Waals surface area contributed by atoms with E-state index >= 15 is 0 Å². The molecule has 0 bridgehead atoms. The number of hydrogen-bond acceptors (Lipinski definition) is 6. The minimum Gasteiger partial charge on any atom is -0.497 e. The van der Waals surface area contributed by atoms with Gasteiger partial charge in [-0.1, -0.05) is 19.1 Å². The Morgan fingerprint density at radius 1 is 1.09 bits per heavy atom. The average Bonchev–Trinajstić information content (AvgIpc) is 3.34. The Labute approximate surface area is 197 Å². The van der Waals surface area contributed by atoms with Crippen molar-refractivity contribution in [2.75, 3.05) is 24.4 Å². The maximum absolute atomic E-state index is 12.7. The van der Waals surface area contributed by atoms with Gasteiger partial charge in [-0.05, 0) is 55.3 Å². The molecule has 2 heterocycles. The lowest BCUT2D eigenvalue weighted by Gasteiger charge is -2.10. The molecule has 9 heteroatoms. The molecule has 0 fully saturated rings. The first-order chi connectivity index (χ1) is 16.4. The molecule has 3 aromatic rings. The van der Waals surface area contributed by atoms with Gasteiger partial charge in [0.25, 0.3) is 5.91 Å². The third-order valence-electron chi connectivity index (χ3n) is 5.59. The Balaban J connectivity index is 1.51. The molecule has 2 N–H and O–H groups in total. The summed E-state index contributed by atoms with van der Waals surface area (Å²) in [6, 6.07) is 13.2. The van der Waals surface area contributed by atoms with Crippen LogP contribution < -0.4 is 15.4 Å². The van der Waals surface area contributed by atoms with Crippen molar-refractivity contribution in [2.24, 2.45) is 0 Å². The molecule has 1 atom stereocenters. The number of aromatic nitrogens is 2. The second-order valence-electron chi connectivity index (χ2n) is 7.75. The molecule has 0 radical (unpaired) electrons. The minimum absolute atomic E-state index is 0.0780. The Morgan fingerprint density at radius 3 is 2.41 bits per heavy atom. The number of carbonyl (C=O) groups is 3. The lowest BCUT2D eigenvalue weighted by atomic mass is 10.0. The second-order valence-corrected chi connectivity index (χ2v) is 7.75. The number of amides is 2. The van der Waals surface area contributed by atoms with Gasteiger partial charge in [0.05, 0.1) is 31.4 Å².